The molecule has 0 aliphatic rings. The van der Waals surface area contributed by atoms with E-state index in [1.54, 1.807) is 43.5 Å². The molecule has 4 heteroatoms. The van der Waals surface area contributed by atoms with Crippen LogP contribution in [0.5, 0.6) is 11.5 Å². The molecule has 0 saturated heterocycles. The maximum atomic E-state index is 12.2. The second-order valence-corrected chi connectivity index (χ2v) is 4.22. The van der Waals surface area contributed by atoms with Gasteiger partial charge in [0.15, 0.2) is 5.78 Å². The fourth-order valence-corrected chi connectivity index (χ4v) is 1.78. The molecule has 20 heavy (non-hydrogen) atoms. The SMILES string of the molecule is COCCOc1ccc(C(=O)c2ccccc2)c(O)c1. The van der Waals surface area contributed by atoms with E-state index in [1.165, 1.54) is 6.07 Å². The highest BCUT2D eigenvalue weighted by atomic mass is 16.5. The molecule has 0 amide bonds. The number of benzene rings is 2. The van der Waals surface area contributed by atoms with Gasteiger partial charge in [-0.05, 0) is 12.1 Å². The van der Waals surface area contributed by atoms with Crippen LogP contribution in [0.1, 0.15) is 15.9 Å². The van der Waals surface area contributed by atoms with Crippen LogP contribution >= 0.6 is 0 Å². The summed E-state index contributed by atoms with van der Waals surface area (Å²) >= 11 is 0. The van der Waals surface area contributed by atoms with Gasteiger partial charge < -0.3 is 14.6 Å². The second kappa shape index (κ2) is 6.73. The first kappa shape index (κ1) is 14.1. The van der Waals surface area contributed by atoms with E-state index >= 15 is 0 Å². The zero-order valence-electron chi connectivity index (χ0n) is 11.2. The van der Waals surface area contributed by atoms with Crippen molar-refractivity contribution in [3.05, 3.63) is 59.7 Å². The van der Waals surface area contributed by atoms with Crippen molar-refractivity contribution in [1.29, 1.82) is 0 Å². The molecule has 0 saturated carbocycles. The number of hydrogen-bond donors (Lipinski definition) is 1. The number of phenols is 1. The summed E-state index contributed by atoms with van der Waals surface area (Å²) in [5, 5.41) is 9.95. The average Bonchev–Trinajstić information content (AvgIpc) is 2.48. The molecule has 0 fully saturated rings. The summed E-state index contributed by atoms with van der Waals surface area (Å²) in [4.78, 5) is 12.2. The number of carbonyl (C=O) groups excluding carboxylic acids is 1. The molecule has 0 aliphatic carbocycles. The highest BCUT2D eigenvalue weighted by Gasteiger charge is 2.13. The van der Waals surface area contributed by atoms with Gasteiger partial charge in [0.1, 0.15) is 18.1 Å². The van der Waals surface area contributed by atoms with Crippen LogP contribution in [0, 0.1) is 0 Å². The third kappa shape index (κ3) is 3.36. The number of aromatic hydroxyl groups is 1. The van der Waals surface area contributed by atoms with Gasteiger partial charge in [-0.1, -0.05) is 30.3 Å². The standard InChI is InChI=1S/C16H16O4/c1-19-9-10-20-13-7-8-14(15(17)11-13)16(18)12-5-3-2-4-6-12/h2-8,11,17H,9-10H2,1H3. The minimum atomic E-state index is -0.216. The van der Waals surface area contributed by atoms with Gasteiger partial charge in [0.25, 0.3) is 0 Å². The maximum absolute atomic E-state index is 12.2. The Morgan fingerprint density at radius 3 is 2.50 bits per heavy atom. The Labute approximate surface area is 117 Å². The van der Waals surface area contributed by atoms with Gasteiger partial charge in [0.05, 0.1) is 12.2 Å². The van der Waals surface area contributed by atoms with E-state index in [2.05, 4.69) is 0 Å². The Morgan fingerprint density at radius 1 is 1.10 bits per heavy atom. The zero-order valence-corrected chi connectivity index (χ0v) is 11.2. The molecule has 1 N–H and O–H groups in total. The van der Waals surface area contributed by atoms with Gasteiger partial charge in [-0.3, -0.25) is 4.79 Å². The number of phenolic OH excluding ortho intramolecular Hbond substituents is 1. The van der Waals surface area contributed by atoms with Crippen LogP contribution < -0.4 is 4.74 Å². The number of rotatable bonds is 6. The number of ketones is 1. The van der Waals surface area contributed by atoms with Crippen LogP contribution in [0.2, 0.25) is 0 Å². The van der Waals surface area contributed by atoms with E-state index in [1.807, 2.05) is 6.07 Å². The third-order valence-electron chi connectivity index (χ3n) is 2.81. The molecule has 0 spiro atoms. The summed E-state index contributed by atoms with van der Waals surface area (Å²) in [5.74, 6) is 0.199. The molecular weight excluding hydrogens is 256 g/mol. The lowest BCUT2D eigenvalue weighted by atomic mass is 10.0. The highest BCUT2D eigenvalue weighted by molar-refractivity contribution is 6.10. The monoisotopic (exact) mass is 272 g/mol. The molecule has 0 heterocycles. The second-order valence-electron chi connectivity index (χ2n) is 4.22. The predicted octanol–water partition coefficient (Wildman–Crippen LogP) is 2.65. The number of ether oxygens (including phenoxy) is 2. The minimum Gasteiger partial charge on any atom is -0.507 e. The van der Waals surface area contributed by atoms with Crippen LogP contribution in [0.15, 0.2) is 48.5 Å². The van der Waals surface area contributed by atoms with Crippen molar-refractivity contribution in [2.24, 2.45) is 0 Å². The molecule has 2 aromatic rings. The van der Waals surface area contributed by atoms with Gasteiger partial charge in [0.2, 0.25) is 0 Å². The molecule has 4 nitrogen and oxygen atoms in total. The molecule has 104 valence electrons. The quantitative estimate of drug-likeness (QED) is 0.649. The third-order valence-corrected chi connectivity index (χ3v) is 2.81. The van der Waals surface area contributed by atoms with Crippen molar-refractivity contribution in [1.82, 2.24) is 0 Å². The predicted molar refractivity (Wildman–Crippen MR) is 75.4 cm³/mol. The lowest BCUT2D eigenvalue weighted by Gasteiger charge is -2.08. The Hall–Kier alpha value is -2.33. The van der Waals surface area contributed by atoms with Crippen LogP contribution in [0.25, 0.3) is 0 Å². The molecule has 0 radical (unpaired) electrons. The lowest BCUT2D eigenvalue weighted by Crippen LogP contribution is -2.05. The van der Waals surface area contributed by atoms with E-state index in [4.69, 9.17) is 9.47 Å². The van der Waals surface area contributed by atoms with Crippen LogP contribution in [0.3, 0.4) is 0 Å². The molecule has 0 bridgehead atoms. The first-order chi connectivity index (χ1) is 9.72. The Morgan fingerprint density at radius 2 is 1.85 bits per heavy atom. The Bertz CT molecular complexity index is 578. The van der Waals surface area contributed by atoms with E-state index in [9.17, 15) is 9.90 Å². The Balaban J connectivity index is 2.15. The van der Waals surface area contributed by atoms with Crippen molar-refractivity contribution < 1.29 is 19.4 Å². The first-order valence-electron chi connectivity index (χ1n) is 6.27. The highest BCUT2D eigenvalue weighted by Crippen LogP contribution is 2.25. The summed E-state index contributed by atoms with van der Waals surface area (Å²) in [6.45, 7) is 0.855. The largest absolute Gasteiger partial charge is 0.507 e. The van der Waals surface area contributed by atoms with Gasteiger partial charge in [-0.2, -0.15) is 0 Å². The number of carbonyl (C=O) groups is 1. The summed E-state index contributed by atoms with van der Waals surface area (Å²) in [7, 11) is 1.59. The van der Waals surface area contributed by atoms with E-state index in [0.717, 1.165) is 0 Å². The van der Waals surface area contributed by atoms with Crippen molar-refractivity contribution in [2.45, 2.75) is 0 Å². The Kier molecular flexibility index (Phi) is 4.74. The molecule has 2 aromatic carbocycles. The van der Waals surface area contributed by atoms with Gasteiger partial charge >= 0.3 is 0 Å². The lowest BCUT2D eigenvalue weighted by molar-refractivity contribution is 0.103. The fourth-order valence-electron chi connectivity index (χ4n) is 1.78. The average molecular weight is 272 g/mol. The van der Waals surface area contributed by atoms with Crippen LogP contribution in [0.4, 0.5) is 0 Å². The van der Waals surface area contributed by atoms with Crippen LogP contribution in [-0.4, -0.2) is 31.2 Å². The van der Waals surface area contributed by atoms with E-state index in [-0.39, 0.29) is 17.1 Å². The van der Waals surface area contributed by atoms with Gasteiger partial charge in [-0.15, -0.1) is 0 Å². The van der Waals surface area contributed by atoms with Crippen molar-refractivity contribution >= 4 is 5.78 Å². The summed E-state index contributed by atoms with van der Waals surface area (Å²) in [6.07, 6.45) is 0. The first-order valence-corrected chi connectivity index (χ1v) is 6.27. The summed E-state index contributed by atoms with van der Waals surface area (Å²) in [6, 6.07) is 13.5. The molecule has 0 aromatic heterocycles. The molecule has 0 atom stereocenters. The summed E-state index contributed by atoms with van der Waals surface area (Å²) in [5.41, 5.74) is 0.797. The molecule has 2 rings (SSSR count). The topological polar surface area (TPSA) is 55.8 Å². The van der Waals surface area contributed by atoms with E-state index in [0.29, 0.717) is 24.5 Å². The smallest absolute Gasteiger partial charge is 0.196 e. The van der Waals surface area contributed by atoms with Crippen molar-refractivity contribution in [2.75, 3.05) is 20.3 Å². The number of hydrogen-bond acceptors (Lipinski definition) is 4. The zero-order chi connectivity index (χ0) is 14.4. The maximum Gasteiger partial charge on any atom is 0.196 e. The fraction of sp³-hybridized carbons (Fsp3) is 0.188. The minimum absolute atomic E-state index is 0.0891. The molecular formula is C16H16O4. The number of methoxy groups -OCH3 is 1. The molecule has 0 aliphatic heterocycles. The van der Waals surface area contributed by atoms with Crippen molar-refractivity contribution in [3.8, 4) is 11.5 Å². The normalized spacial score (nSPS) is 10.2. The molecule has 0 unspecified atom stereocenters. The van der Waals surface area contributed by atoms with Crippen molar-refractivity contribution in [3.63, 3.8) is 0 Å². The summed E-state index contributed by atoms with van der Waals surface area (Å²) < 4.78 is 10.2. The van der Waals surface area contributed by atoms with Gasteiger partial charge in [-0.25, -0.2) is 0 Å². The van der Waals surface area contributed by atoms with Crippen LogP contribution in [-0.2, 0) is 4.74 Å². The van der Waals surface area contributed by atoms with E-state index < -0.39 is 0 Å². The van der Waals surface area contributed by atoms with Gasteiger partial charge in [0, 0.05) is 18.7 Å².